The van der Waals surface area contributed by atoms with Crippen LogP contribution in [0.25, 0.3) is 11.1 Å². The number of ether oxygens (including phenoxy) is 2. The Bertz CT molecular complexity index is 3210. The second kappa shape index (κ2) is 16.3. The van der Waals surface area contributed by atoms with Crippen molar-refractivity contribution in [3.8, 4) is 28.4 Å². The summed E-state index contributed by atoms with van der Waals surface area (Å²) in [6.45, 7) is 6.70. The predicted molar refractivity (Wildman–Crippen MR) is 248 cm³/mol. The molecule has 0 heterocycles. The van der Waals surface area contributed by atoms with E-state index in [9.17, 15) is 25.6 Å². The summed E-state index contributed by atoms with van der Waals surface area (Å²) in [4.78, 5) is 0.287. The van der Waals surface area contributed by atoms with Crippen LogP contribution in [0, 0.1) is 5.82 Å². The molecule has 0 aromatic heterocycles. The van der Waals surface area contributed by atoms with Crippen LogP contribution in [0.15, 0.2) is 214 Å². The zero-order valence-electron chi connectivity index (χ0n) is 36.0. The molecule has 10 heteroatoms. The first-order valence-corrected chi connectivity index (χ1v) is 24.0. The van der Waals surface area contributed by atoms with Gasteiger partial charge in [0, 0.05) is 0 Å². The van der Waals surface area contributed by atoms with Gasteiger partial charge in [0.15, 0.2) is 0 Å². The van der Waals surface area contributed by atoms with Gasteiger partial charge in [-0.05, 0) is 169 Å². The molecule has 326 valence electrons. The first kappa shape index (κ1) is 43.4. The van der Waals surface area contributed by atoms with Gasteiger partial charge in [-0.1, -0.05) is 97.1 Å². The molecule has 0 atom stereocenters. The molecule has 0 saturated heterocycles. The number of hydrogen-bond acceptors (Lipinski definition) is 6. The van der Waals surface area contributed by atoms with Gasteiger partial charge in [0.2, 0.25) is 19.7 Å². The van der Waals surface area contributed by atoms with Gasteiger partial charge in [-0.25, -0.2) is 25.6 Å². The molecule has 0 radical (unpaired) electrons. The van der Waals surface area contributed by atoms with Gasteiger partial charge in [0.05, 0.1) is 25.0 Å². The summed E-state index contributed by atoms with van der Waals surface area (Å²) in [6, 6.07) is 56.2. The Balaban J connectivity index is 0.989. The average Bonchev–Trinajstić information content (AvgIpc) is 3.60. The van der Waals surface area contributed by atoms with E-state index >= 15 is 0 Å². The monoisotopic (exact) mass is 902 g/mol. The number of hydrogen-bond donors (Lipinski definition) is 0. The molecule has 0 aliphatic heterocycles. The third kappa shape index (κ3) is 7.91. The summed E-state index contributed by atoms with van der Waals surface area (Å²) in [7, 11) is -7.68. The van der Waals surface area contributed by atoms with Crippen molar-refractivity contribution >= 4 is 19.7 Å². The van der Waals surface area contributed by atoms with E-state index in [0.717, 1.165) is 51.1 Å². The number of benzene rings is 8. The van der Waals surface area contributed by atoms with E-state index in [0.29, 0.717) is 22.8 Å². The summed E-state index contributed by atoms with van der Waals surface area (Å²) in [5.41, 5.74) is 4.57. The highest BCUT2D eigenvalue weighted by molar-refractivity contribution is 7.91. The molecular formula is C55H44F2O6S2. The summed E-state index contributed by atoms with van der Waals surface area (Å²) in [5, 5.41) is 0. The molecule has 0 bridgehead atoms. The normalized spacial score (nSPS) is 13.4. The van der Waals surface area contributed by atoms with Crippen molar-refractivity contribution in [2.45, 2.75) is 64.0 Å². The zero-order valence-corrected chi connectivity index (χ0v) is 37.6. The maximum absolute atomic E-state index is 14.4. The van der Waals surface area contributed by atoms with Gasteiger partial charge >= 0.3 is 0 Å². The Morgan fingerprint density at radius 2 is 0.785 bits per heavy atom. The predicted octanol–water partition coefficient (Wildman–Crippen LogP) is 13.2. The van der Waals surface area contributed by atoms with Crippen LogP contribution in [-0.2, 0) is 36.4 Å². The fourth-order valence-electron chi connectivity index (χ4n) is 8.70. The molecule has 6 nitrogen and oxygen atoms in total. The standard InChI is InChI=1S/C55H44F2O6S2/c1-53(2,57)37-17-29-45(30-18-37)65(60,61)48-35-27-43(28-36-48)62-42-23-13-39(14-24-42)55(51-11-7-5-9-49(51)50-10-6-8-12-52(50)55)40-15-25-44(26-16-40)63-54(3,4)38-19-31-46(32-20-38)64(58,59)47-33-21-41(56)22-34-47/h5-36H,1-4H3. The molecule has 0 spiro atoms. The van der Waals surface area contributed by atoms with Crippen LogP contribution in [0.4, 0.5) is 8.78 Å². The number of rotatable bonds is 12. The third-order valence-corrected chi connectivity index (χ3v) is 15.7. The van der Waals surface area contributed by atoms with Crippen molar-refractivity contribution in [3.63, 3.8) is 0 Å². The summed E-state index contributed by atoms with van der Waals surface area (Å²) < 4.78 is 94.0. The van der Waals surface area contributed by atoms with E-state index in [1.807, 2.05) is 50.2 Å². The Kier molecular flexibility index (Phi) is 10.9. The zero-order chi connectivity index (χ0) is 45.8. The SMILES string of the molecule is CC(C)(F)c1ccc(S(=O)(=O)c2ccc(Oc3ccc(C4(c5ccc(OC(C)(C)c6ccc(S(=O)(=O)c7ccc(F)cc7)cc6)cc5)c5ccccc5-c5ccccc54)cc3)cc2)cc1. The first-order chi connectivity index (χ1) is 31.0. The van der Waals surface area contributed by atoms with Crippen molar-refractivity contribution in [2.75, 3.05) is 0 Å². The second-order valence-electron chi connectivity index (χ2n) is 17.1. The topological polar surface area (TPSA) is 86.7 Å². The van der Waals surface area contributed by atoms with Gasteiger partial charge in [0.25, 0.3) is 0 Å². The molecule has 1 aliphatic rings. The molecule has 0 unspecified atom stereocenters. The highest BCUT2D eigenvalue weighted by atomic mass is 32.2. The van der Waals surface area contributed by atoms with Crippen molar-refractivity contribution in [1.29, 1.82) is 0 Å². The van der Waals surface area contributed by atoms with Gasteiger partial charge in [-0.2, -0.15) is 0 Å². The molecule has 1 aliphatic carbocycles. The molecule has 8 aromatic rings. The van der Waals surface area contributed by atoms with Crippen LogP contribution in [0.2, 0.25) is 0 Å². The molecule has 9 rings (SSSR count). The summed E-state index contributed by atoms with van der Waals surface area (Å²) in [5.74, 6) is 1.14. The molecule has 0 amide bonds. The van der Waals surface area contributed by atoms with E-state index in [-0.39, 0.29) is 19.6 Å². The van der Waals surface area contributed by atoms with Crippen molar-refractivity contribution < 1.29 is 35.1 Å². The highest BCUT2D eigenvalue weighted by Gasteiger charge is 2.46. The fraction of sp³-hybridized carbons (Fsp3) is 0.127. The lowest BCUT2D eigenvalue weighted by Crippen LogP contribution is -2.29. The Morgan fingerprint density at radius 1 is 0.431 bits per heavy atom. The van der Waals surface area contributed by atoms with Crippen LogP contribution >= 0.6 is 0 Å². The number of halogens is 2. The Morgan fingerprint density at radius 3 is 1.22 bits per heavy atom. The molecule has 0 fully saturated rings. The van der Waals surface area contributed by atoms with Gasteiger partial charge < -0.3 is 9.47 Å². The van der Waals surface area contributed by atoms with Crippen molar-refractivity contribution in [1.82, 2.24) is 0 Å². The molecule has 0 saturated carbocycles. The largest absolute Gasteiger partial charge is 0.483 e. The van der Waals surface area contributed by atoms with Crippen molar-refractivity contribution in [2.24, 2.45) is 0 Å². The van der Waals surface area contributed by atoms with Gasteiger partial charge in [-0.3, -0.25) is 0 Å². The Hall–Kier alpha value is -6.88. The minimum atomic E-state index is -3.84. The Labute approximate surface area is 378 Å². The third-order valence-electron chi connectivity index (χ3n) is 12.1. The first-order valence-electron chi connectivity index (χ1n) is 21.0. The van der Waals surface area contributed by atoms with Gasteiger partial charge in [-0.15, -0.1) is 0 Å². The van der Waals surface area contributed by atoms with E-state index in [1.165, 1.54) is 62.4 Å². The quantitative estimate of drug-likeness (QED) is 0.114. The van der Waals surface area contributed by atoms with Crippen LogP contribution in [0.5, 0.6) is 17.2 Å². The second-order valence-corrected chi connectivity index (χ2v) is 21.0. The molecular weight excluding hydrogens is 859 g/mol. The van der Waals surface area contributed by atoms with E-state index in [4.69, 9.17) is 9.47 Å². The summed E-state index contributed by atoms with van der Waals surface area (Å²) >= 11 is 0. The van der Waals surface area contributed by atoms with Crippen LogP contribution in [0.3, 0.4) is 0 Å². The maximum Gasteiger partial charge on any atom is 0.206 e. The molecule has 65 heavy (non-hydrogen) atoms. The average molecular weight is 903 g/mol. The number of alkyl halides is 1. The fourth-order valence-corrected chi connectivity index (χ4v) is 11.2. The maximum atomic E-state index is 14.4. The lowest BCUT2D eigenvalue weighted by Gasteiger charge is -2.34. The summed E-state index contributed by atoms with van der Waals surface area (Å²) in [6.07, 6.45) is 0. The molecule has 0 N–H and O–H groups in total. The van der Waals surface area contributed by atoms with E-state index in [1.54, 1.807) is 36.4 Å². The van der Waals surface area contributed by atoms with E-state index in [2.05, 4.69) is 60.7 Å². The van der Waals surface area contributed by atoms with Gasteiger partial charge in [0.1, 0.15) is 34.3 Å². The van der Waals surface area contributed by atoms with Crippen LogP contribution in [-0.4, -0.2) is 16.8 Å². The van der Waals surface area contributed by atoms with E-state index < -0.39 is 42.2 Å². The van der Waals surface area contributed by atoms with Crippen LogP contribution < -0.4 is 9.47 Å². The smallest absolute Gasteiger partial charge is 0.206 e. The number of fused-ring (bicyclic) bond motifs is 3. The number of sulfone groups is 2. The molecule has 8 aromatic carbocycles. The van der Waals surface area contributed by atoms with Crippen LogP contribution in [0.1, 0.15) is 61.1 Å². The highest BCUT2D eigenvalue weighted by Crippen LogP contribution is 2.56. The minimum Gasteiger partial charge on any atom is -0.483 e. The lowest BCUT2D eigenvalue weighted by atomic mass is 9.68. The minimum absolute atomic E-state index is 0.0145. The lowest BCUT2D eigenvalue weighted by molar-refractivity contribution is 0.109. The van der Waals surface area contributed by atoms with Crippen molar-refractivity contribution in [3.05, 3.63) is 233 Å².